The zero-order valence-corrected chi connectivity index (χ0v) is 15.1. The van der Waals surface area contributed by atoms with Crippen LogP contribution in [0.5, 0.6) is 0 Å². The summed E-state index contributed by atoms with van der Waals surface area (Å²) < 4.78 is 6.57. The number of aryl methyl sites for hydroxylation is 1. The van der Waals surface area contributed by atoms with Crippen molar-refractivity contribution in [2.45, 2.75) is 45.6 Å². The van der Waals surface area contributed by atoms with Crippen molar-refractivity contribution in [1.29, 1.82) is 0 Å². The van der Waals surface area contributed by atoms with Crippen molar-refractivity contribution in [3.8, 4) is 0 Å². The minimum atomic E-state index is -0.669. The molecular formula is C17H24N6O3. The van der Waals surface area contributed by atoms with Gasteiger partial charge in [0.15, 0.2) is 11.5 Å². The van der Waals surface area contributed by atoms with Gasteiger partial charge in [0.05, 0.1) is 6.61 Å². The Morgan fingerprint density at radius 1 is 1.27 bits per heavy atom. The van der Waals surface area contributed by atoms with Crippen LogP contribution in [0.15, 0.2) is 12.1 Å². The predicted octanol–water partition coefficient (Wildman–Crippen LogP) is 0.725. The lowest BCUT2D eigenvalue weighted by molar-refractivity contribution is -0.146. The number of nitrogens with zero attached hydrogens (tertiary/aromatic N) is 5. The van der Waals surface area contributed by atoms with Gasteiger partial charge in [-0.15, -0.1) is 15.3 Å². The van der Waals surface area contributed by atoms with Crippen molar-refractivity contribution in [2.75, 3.05) is 24.6 Å². The third-order valence-corrected chi connectivity index (χ3v) is 4.34. The SMILES string of the molecule is CCOC(=O)[C@H](C)NC(=O)CCc1nnc2ccc(N3CCCC3)nn12. The molecule has 3 rings (SSSR count). The van der Waals surface area contributed by atoms with Crippen LogP contribution < -0.4 is 10.2 Å². The van der Waals surface area contributed by atoms with Gasteiger partial charge in [-0.05, 0) is 38.8 Å². The summed E-state index contributed by atoms with van der Waals surface area (Å²) in [4.78, 5) is 25.9. The van der Waals surface area contributed by atoms with Gasteiger partial charge in [0.25, 0.3) is 0 Å². The second-order valence-electron chi connectivity index (χ2n) is 6.31. The largest absolute Gasteiger partial charge is 0.464 e. The summed E-state index contributed by atoms with van der Waals surface area (Å²) in [7, 11) is 0. The minimum absolute atomic E-state index is 0.195. The Morgan fingerprint density at radius 2 is 2.04 bits per heavy atom. The van der Waals surface area contributed by atoms with Crippen molar-refractivity contribution < 1.29 is 14.3 Å². The van der Waals surface area contributed by atoms with E-state index in [0.29, 0.717) is 17.9 Å². The fraction of sp³-hybridized carbons (Fsp3) is 0.588. The molecule has 1 N–H and O–H groups in total. The zero-order chi connectivity index (χ0) is 18.5. The Morgan fingerprint density at radius 3 is 2.77 bits per heavy atom. The van der Waals surface area contributed by atoms with Gasteiger partial charge in [-0.3, -0.25) is 4.79 Å². The van der Waals surface area contributed by atoms with Crippen LogP contribution in [0.2, 0.25) is 0 Å². The zero-order valence-electron chi connectivity index (χ0n) is 15.1. The maximum Gasteiger partial charge on any atom is 0.328 e. The molecular weight excluding hydrogens is 336 g/mol. The summed E-state index contributed by atoms with van der Waals surface area (Å²) in [5.74, 6) is 0.847. The Bertz CT molecular complexity index is 784. The Kier molecular flexibility index (Phi) is 5.65. The van der Waals surface area contributed by atoms with Gasteiger partial charge in [0.2, 0.25) is 5.91 Å². The van der Waals surface area contributed by atoms with Gasteiger partial charge >= 0.3 is 5.97 Å². The highest BCUT2D eigenvalue weighted by molar-refractivity contribution is 5.84. The fourth-order valence-electron chi connectivity index (χ4n) is 2.96. The molecule has 140 valence electrons. The molecule has 1 aliphatic heterocycles. The number of nitrogens with one attached hydrogen (secondary N) is 1. The number of fused-ring (bicyclic) bond motifs is 1. The predicted molar refractivity (Wildman–Crippen MR) is 94.8 cm³/mol. The molecule has 0 unspecified atom stereocenters. The van der Waals surface area contributed by atoms with Crippen LogP contribution in [0.1, 0.15) is 38.9 Å². The molecule has 9 nitrogen and oxygen atoms in total. The Hall–Kier alpha value is -2.71. The van der Waals surface area contributed by atoms with Crippen molar-refractivity contribution >= 4 is 23.3 Å². The second kappa shape index (κ2) is 8.11. The van der Waals surface area contributed by atoms with Crippen LogP contribution in [0.3, 0.4) is 0 Å². The summed E-state index contributed by atoms with van der Waals surface area (Å²) in [5.41, 5.74) is 0.656. The molecule has 1 saturated heterocycles. The number of aromatic nitrogens is 4. The average Bonchev–Trinajstić information content (AvgIpc) is 3.29. The molecule has 0 radical (unpaired) electrons. The van der Waals surface area contributed by atoms with Crippen LogP contribution in [-0.2, 0) is 20.7 Å². The highest BCUT2D eigenvalue weighted by Crippen LogP contribution is 2.18. The first-order valence-corrected chi connectivity index (χ1v) is 9.00. The van der Waals surface area contributed by atoms with E-state index in [4.69, 9.17) is 4.74 Å². The summed E-state index contributed by atoms with van der Waals surface area (Å²) in [6, 6.07) is 3.17. The Labute approximate surface area is 151 Å². The lowest BCUT2D eigenvalue weighted by Gasteiger charge is -2.15. The molecule has 0 spiro atoms. The minimum Gasteiger partial charge on any atom is -0.464 e. The van der Waals surface area contributed by atoms with Crippen LogP contribution in [0.4, 0.5) is 5.82 Å². The summed E-state index contributed by atoms with van der Waals surface area (Å²) in [6.45, 7) is 5.63. The summed E-state index contributed by atoms with van der Waals surface area (Å²) >= 11 is 0. The first kappa shape index (κ1) is 18.1. The van der Waals surface area contributed by atoms with Gasteiger partial charge < -0.3 is 15.0 Å². The number of carbonyl (C=O) groups excluding carboxylic acids is 2. The number of carbonyl (C=O) groups is 2. The van der Waals surface area contributed by atoms with Gasteiger partial charge in [0.1, 0.15) is 11.9 Å². The van der Waals surface area contributed by atoms with Crippen LogP contribution in [0, 0.1) is 0 Å². The topological polar surface area (TPSA) is 102 Å². The molecule has 3 heterocycles. The monoisotopic (exact) mass is 360 g/mol. The van der Waals surface area contributed by atoms with Crippen molar-refractivity contribution in [1.82, 2.24) is 25.1 Å². The molecule has 1 fully saturated rings. The highest BCUT2D eigenvalue weighted by Gasteiger charge is 2.18. The number of hydrogen-bond donors (Lipinski definition) is 1. The van der Waals surface area contributed by atoms with E-state index in [0.717, 1.165) is 18.9 Å². The van der Waals surface area contributed by atoms with E-state index in [9.17, 15) is 9.59 Å². The summed E-state index contributed by atoms with van der Waals surface area (Å²) in [5, 5.41) is 15.5. The smallest absolute Gasteiger partial charge is 0.328 e. The van der Waals surface area contributed by atoms with Crippen LogP contribution in [-0.4, -0.2) is 57.4 Å². The first-order valence-electron chi connectivity index (χ1n) is 9.00. The summed E-state index contributed by atoms with van der Waals surface area (Å²) in [6.07, 6.45) is 2.93. The lowest BCUT2D eigenvalue weighted by Crippen LogP contribution is -2.39. The number of amides is 1. The third kappa shape index (κ3) is 4.09. The molecule has 26 heavy (non-hydrogen) atoms. The molecule has 1 aliphatic rings. The number of hydrogen-bond acceptors (Lipinski definition) is 7. The van der Waals surface area contributed by atoms with Gasteiger partial charge in [-0.1, -0.05) is 0 Å². The first-order chi connectivity index (χ1) is 12.6. The van der Waals surface area contributed by atoms with E-state index < -0.39 is 12.0 Å². The molecule has 1 atom stereocenters. The highest BCUT2D eigenvalue weighted by atomic mass is 16.5. The standard InChI is InChI=1S/C17H24N6O3/c1-3-26-17(25)12(2)18-16(24)9-8-14-20-19-13-6-7-15(21-23(13)14)22-10-4-5-11-22/h6-7,12H,3-5,8-11H2,1-2H3,(H,18,24)/t12-/m0/s1. The van der Waals surface area contributed by atoms with Gasteiger partial charge in [0, 0.05) is 25.9 Å². The average molecular weight is 360 g/mol. The number of ether oxygens (including phenoxy) is 1. The maximum atomic E-state index is 12.1. The van der Waals surface area contributed by atoms with E-state index in [1.165, 1.54) is 12.8 Å². The third-order valence-electron chi connectivity index (χ3n) is 4.34. The molecule has 2 aromatic rings. The number of anilines is 1. The van der Waals surface area contributed by atoms with Crippen molar-refractivity contribution in [3.05, 3.63) is 18.0 Å². The van der Waals surface area contributed by atoms with Crippen molar-refractivity contribution in [3.63, 3.8) is 0 Å². The van der Waals surface area contributed by atoms with E-state index in [1.54, 1.807) is 18.4 Å². The molecule has 2 aromatic heterocycles. The Balaban J connectivity index is 1.62. The fourth-order valence-corrected chi connectivity index (χ4v) is 2.96. The molecule has 0 saturated carbocycles. The number of esters is 1. The lowest BCUT2D eigenvalue weighted by atomic mass is 10.2. The normalized spacial score (nSPS) is 15.2. The van der Waals surface area contributed by atoms with Gasteiger partial charge in [-0.25, -0.2) is 4.79 Å². The van der Waals surface area contributed by atoms with Crippen LogP contribution >= 0.6 is 0 Å². The molecule has 0 bridgehead atoms. The molecule has 0 aliphatic carbocycles. The molecule has 0 aromatic carbocycles. The van der Waals surface area contributed by atoms with E-state index in [-0.39, 0.29) is 18.9 Å². The van der Waals surface area contributed by atoms with Crippen molar-refractivity contribution in [2.24, 2.45) is 0 Å². The molecule has 9 heteroatoms. The van der Waals surface area contributed by atoms with Crippen LogP contribution in [0.25, 0.3) is 5.65 Å². The second-order valence-corrected chi connectivity index (χ2v) is 6.31. The van der Waals surface area contributed by atoms with E-state index in [2.05, 4.69) is 25.5 Å². The van der Waals surface area contributed by atoms with E-state index in [1.807, 2.05) is 12.1 Å². The number of rotatable bonds is 7. The van der Waals surface area contributed by atoms with Gasteiger partial charge in [-0.2, -0.15) is 4.52 Å². The maximum absolute atomic E-state index is 12.1. The molecule has 1 amide bonds. The van der Waals surface area contributed by atoms with E-state index >= 15 is 0 Å². The quantitative estimate of drug-likeness (QED) is 0.726.